The average molecular weight is 508 g/mol. The van der Waals surface area contributed by atoms with Crippen molar-refractivity contribution in [2.75, 3.05) is 10.6 Å². The van der Waals surface area contributed by atoms with E-state index in [0.717, 1.165) is 10.9 Å². The van der Waals surface area contributed by atoms with Crippen LogP contribution in [0.2, 0.25) is 0 Å². The van der Waals surface area contributed by atoms with Crippen molar-refractivity contribution in [3.05, 3.63) is 118 Å². The number of nitro benzene ring substituents is 1. The smallest absolute Gasteiger partial charge is 0.291 e. The largest absolute Gasteiger partial charge is 0.456 e. The van der Waals surface area contributed by atoms with E-state index in [2.05, 4.69) is 10.6 Å². The van der Waals surface area contributed by atoms with Gasteiger partial charge in [0.1, 0.15) is 17.1 Å². The summed E-state index contributed by atoms with van der Waals surface area (Å²) in [4.78, 5) is 36.1. The third-order valence-electron chi connectivity index (χ3n) is 5.79. The lowest BCUT2D eigenvalue weighted by atomic mass is 10.1. The van der Waals surface area contributed by atoms with Crippen molar-refractivity contribution in [2.24, 2.45) is 0 Å². The molecule has 188 valence electrons. The van der Waals surface area contributed by atoms with E-state index in [1.165, 1.54) is 18.2 Å². The van der Waals surface area contributed by atoms with Gasteiger partial charge in [0.25, 0.3) is 11.6 Å². The van der Waals surface area contributed by atoms with Gasteiger partial charge in [0, 0.05) is 28.9 Å². The van der Waals surface area contributed by atoms with Gasteiger partial charge in [-0.25, -0.2) is 0 Å². The fourth-order valence-electron chi connectivity index (χ4n) is 3.88. The zero-order valence-corrected chi connectivity index (χ0v) is 20.1. The molecule has 0 fully saturated rings. The summed E-state index contributed by atoms with van der Waals surface area (Å²) >= 11 is 0. The average Bonchev–Trinajstić information content (AvgIpc) is 3.57. The van der Waals surface area contributed by atoms with Gasteiger partial charge < -0.3 is 19.5 Å². The summed E-state index contributed by atoms with van der Waals surface area (Å²) in [5.74, 6) is 0.0314. The minimum absolute atomic E-state index is 0.0714. The van der Waals surface area contributed by atoms with Gasteiger partial charge in [-0.2, -0.15) is 0 Å². The molecule has 0 unspecified atom stereocenters. The Balaban J connectivity index is 1.26. The third kappa shape index (κ3) is 5.21. The number of hydrogen-bond acceptors (Lipinski definition) is 6. The first-order chi connectivity index (χ1) is 18.4. The van der Waals surface area contributed by atoms with Crippen molar-refractivity contribution in [3.63, 3.8) is 0 Å². The van der Waals surface area contributed by atoms with E-state index in [-0.39, 0.29) is 11.4 Å². The summed E-state index contributed by atoms with van der Waals surface area (Å²) in [5.41, 5.74) is 2.69. The number of hydrogen-bond donors (Lipinski definition) is 2. The minimum Gasteiger partial charge on any atom is -0.456 e. The lowest BCUT2D eigenvalue weighted by Crippen LogP contribution is -2.13. The molecular formula is C29H21N3O6. The normalized spacial score (nSPS) is 11.1. The summed E-state index contributed by atoms with van der Waals surface area (Å²) in [6.45, 7) is 1.83. The molecule has 2 N–H and O–H groups in total. The number of furan rings is 2. The molecule has 5 aromatic rings. The van der Waals surface area contributed by atoms with E-state index in [9.17, 15) is 19.7 Å². The Hall–Kier alpha value is -5.44. The Morgan fingerprint density at radius 2 is 1.68 bits per heavy atom. The van der Waals surface area contributed by atoms with E-state index in [1.807, 2.05) is 25.1 Å². The number of anilines is 2. The predicted octanol–water partition coefficient (Wildman–Crippen LogP) is 6.81. The topological polar surface area (TPSA) is 128 Å². The van der Waals surface area contributed by atoms with Crippen molar-refractivity contribution >= 4 is 45.9 Å². The maximum absolute atomic E-state index is 12.7. The number of para-hydroxylation sites is 2. The molecule has 0 bridgehead atoms. The summed E-state index contributed by atoms with van der Waals surface area (Å²) < 4.78 is 11.3. The second-order valence-electron chi connectivity index (χ2n) is 8.43. The molecule has 0 aliphatic carbocycles. The highest BCUT2D eigenvalue weighted by Gasteiger charge is 2.17. The quantitative estimate of drug-likeness (QED) is 0.141. The van der Waals surface area contributed by atoms with Crippen LogP contribution in [-0.2, 0) is 4.79 Å². The van der Waals surface area contributed by atoms with Crippen LogP contribution in [-0.4, -0.2) is 16.7 Å². The molecule has 0 aliphatic heterocycles. The molecule has 9 nitrogen and oxygen atoms in total. The van der Waals surface area contributed by atoms with E-state index >= 15 is 0 Å². The zero-order valence-electron chi connectivity index (χ0n) is 20.1. The highest BCUT2D eigenvalue weighted by Crippen LogP contribution is 2.31. The Labute approximate surface area is 216 Å². The second-order valence-corrected chi connectivity index (χ2v) is 8.43. The number of rotatable bonds is 7. The van der Waals surface area contributed by atoms with Gasteiger partial charge >= 0.3 is 0 Å². The standard InChI is InChI=1S/C29H21N3O6/c1-18-10-11-20(30-29(34)27-16-19-6-2-5-9-25(19)38-27)17-23(18)31-28(33)15-13-21-12-14-26(37-21)22-7-3-4-8-24(22)32(35)36/h2-17H,1H3,(H,30,34)(H,31,33)/b15-13+. The van der Waals surface area contributed by atoms with Crippen LogP contribution in [0, 0.1) is 17.0 Å². The molecular weight excluding hydrogens is 486 g/mol. The Morgan fingerprint density at radius 3 is 2.50 bits per heavy atom. The van der Waals surface area contributed by atoms with Crippen molar-refractivity contribution in [1.29, 1.82) is 0 Å². The van der Waals surface area contributed by atoms with Gasteiger partial charge in [-0.15, -0.1) is 0 Å². The lowest BCUT2D eigenvalue weighted by molar-refractivity contribution is -0.384. The zero-order chi connectivity index (χ0) is 26.6. The molecule has 0 spiro atoms. The van der Waals surface area contributed by atoms with Gasteiger partial charge in [0.05, 0.1) is 10.5 Å². The maximum atomic E-state index is 12.7. The SMILES string of the molecule is Cc1ccc(NC(=O)c2cc3ccccc3o2)cc1NC(=O)/C=C/c1ccc(-c2ccccc2[N+](=O)[O-])o1. The fraction of sp³-hybridized carbons (Fsp3) is 0.0345. The maximum Gasteiger partial charge on any atom is 0.291 e. The van der Waals surface area contributed by atoms with Crippen LogP contribution in [0.5, 0.6) is 0 Å². The first kappa shape index (κ1) is 24.3. The summed E-state index contributed by atoms with van der Waals surface area (Å²) in [6.07, 6.45) is 2.76. The van der Waals surface area contributed by atoms with Gasteiger partial charge in [-0.3, -0.25) is 19.7 Å². The molecule has 0 saturated carbocycles. The molecule has 5 rings (SSSR count). The molecule has 2 amide bonds. The molecule has 3 aromatic carbocycles. The molecule has 38 heavy (non-hydrogen) atoms. The van der Waals surface area contributed by atoms with E-state index in [1.54, 1.807) is 60.7 Å². The third-order valence-corrected chi connectivity index (χ3v) is 5.79. The first-order valence-electron chi connectivity index (χ1n) is 11.6. The Morgan fingerprint density at radius 1 is 0.895 bits per heavy atom. The fourth-order valence-corrected chi connectivity index (χ4v) is 3.88. The van der Waals surface area contributed by atoms with Crippen LogP contribution in [0.4, 0.5) is 17.1 Å². The number of carbonyl (C=O) groups is 2. The van der Waals surface area contributed by atoms with Gasteiger partial charge in [0.2, 0.25) is 5.91 Å². The van der Waals surface area contributed by atoms with Gasteiger partial charge in [-0.1, -0.05) is 36.4 Å². The molecule has 0 aliphatic rings. The number of benzene rings is 3. The monoisotopic (exact) mass is 507 g/mol. The van der Waals surface area contributed by atoms with Crippen LogP contribution in [0.1, 0.15) is 21.9 Å². The number of nitrogens with zero attached hydrogens (tertiary/aromatic N) is 1. The number of nitrogens with one attached hydrogen (secondary N) is 2. The summed E-state index contributed by atoms with van der Waals surface area (Å²) in [7, 11) is 0. The van der Waals surface area contributed by atoms with Crippen LogP contribution >= 0.6 is 0 Å². The highest BCUT2D eigenvalue weighted by atomic mass is 16.6. The van der Waals surface area contributed by atoms with Crippen molar-refractivity contribution < 1.29 is 23.3 Å². The van der Waals surface area contributed by atoms with Gasteiger partial charge in [-0.05, 0) is 61.0 Å². The molecule has 0 atom stereocenters. The van der Waals surface area contributed by atoms with Crippen molar-refractivity contribution in [3.8, 4) is 11.3 Å². The molecule has 0 radical (unpaired) electrons. The number of nitro groups is 1. The number of carbonyl (C=O) groups excluding carboxylic acids is 2. The predicted molar refractivity (Wildman–Crippen MR) is 144 cm³/mol. The van der Waals surface area contributed by atoms with Crippen LogP contribution in [0.15, 0.2) is 99.8 Å². The van der Waals surface area contributed by atoms with Crippen molar-refractivity contribution in [2.45, 2.75) is 6.92 Å². The molecule has 2 heterocycles. The van der Waals surface area contributed by atoms with Crippen LogP contribution in [0.25, 0.3) is 28.4 Å². The number of aryl methyl sites for hydroxylation is 1. The second kappa shape index (κ2) is 10.3. The number of fused-ring (bicyclic) bond motifs is 1. The van der Waals surface area contributed by atoms with E-state index in [4.69, 9.17) is 8.83 Å². The minimum atomic E-state index is -0.476. The molecule has 2 aromatic heterocycles. The van der Waals surface area contributed by atoms with Crippen molar-refractivity contribution in [1.82, 2.24) is 0 Å². The summed E-state index contributed by atoms with van der Waals surface area (Å²) in [5, 5.41) is 17.7. The summed E-state index contributed by atoms with van der Waals surface area (Å²) in [6, 6.07) is 23.7. The van der Waals surface area contributed by atoms with Crippen LogP contribution in [0.3, 0.4) is 0 Å². The Bertz CT molecular complexity index is 1680. The molecule has 0 saturated heterocycles. The van der Waals surface area contributed by atoms with Gasteiger partial charge in [0.15, 0.2) is 5.76 Å². The van der Waals surface area contributed by atoms with E-state index < -0.39 is 16.7 Å². The first-order valence-corrected chi connectivity index (χ1v) is 11.6. The van der Waals surface area contributed by atoms with E-state index in [0.29, 0.717) is 34.0 Å². The number of amides is 2. The molecule has 9 heteroatoms. The lowest BCUT2D eigenvalue weighted by Gasteiger charge is -2.10. The Kier molecular flexibility index (Phi) is 6.56. The van der Waals surface area contributed by atoms with Crippen LogP contribution < -0.4 is 10.6 Å². The highest BCUT2D eigenvalue weighted by molar-refractivity contribution is 6.06.